The van der Waals surface area contributed by atoms with Gasteiger partial charge in [0.15, 0.2) is 0 Å². The molecule has 19 heavy (non-hydrogen) atoms. The molecule has 0 bridgehead atoms. The minimum Gasteiger partial charge on any atom is -0.288 e. The number of nitriles is 1. The highest BCUT2D eigenvalue weighted by Crippen LogP contribution is 2.19. The van der Waals surface area contributed by atoms with Crippen molar-refractivity contribution in [2.24, 2.45) is 0 Å². The molecule has 0 atom stereocenters. The third-order valence-corrected chi connectivity index (χ3v) is 2.95. The highest BCUT2D eigenvalue weighted by molar-refractivity contribution is 6.32. The van der Waals surface area contributed by atoms with Gasteiger partial charge in [-0.05, 0) is 17.7 Å². The zero-order chi connectivity index (χ0) is 13.7. The molecule has 0 saturated heterocycles. The Morgan fingerprint density at radius 2 is 1.68 bits per heavy atom. The quantitative estimate of drug-likeness (QED) is 0.477. The van der Waals surface area contributed by atoms with Gasteiger partial charge < -0.3 is 0 Å². The molecule has 0 fully saturated rings. The Balaban J connectivity index is 2.39. The third kappa shape index (κ3) is 3.09. The Bertz CT molecular complexity index is 669. The summed E-state index contributed by atoms with van der Waals surface area (Å²) in [6, 6.07) is 17.7. The molecule has 0 aliphatic rings. The fraction of sp³-hybridized carbons (Fsp3) is 0. The lowest BCUT2D eigenvalue weighted by atomic mass is 10.0. The minimum atomic E-state index is -0.303. The van der Waals surface area contributed by atoms with Crippen molar-refractivity contribution in [1.82, 2.24) is 0 Å². The number of hydrogen-bond donors (Lipinski definition) is 0. The molecule has 92 valence electrons. The smallest absolute Gasteiger partial charge is 0.203 e. The first kappa shape index (κ1) is 13.1. The predicted molar refractivity (Wildman–Crippen MR) is 75.8 cm³/mol. The summed E-state index contributed by atoms with van der Waals surface area (Å²) in [4.78, 5) is 12.2. The molecule has 0 aliphatic heterocycles. The number of hydrogen-bond acceptors (Lipinski definition) is 2. The zero-order valence-corrected chi connectivity index (χ0v) is 10.8. The monoisotopic (exact) mass is 267 g/mol. The van der Waals surface area contributed by atoms with E-state index in [0.717, 1.165) is 0 Å². The molecule has 0 amide bonds. The summed E-state index contributed by atoms with van der Waals surface area (Å²) in [6.07, 6.45) is 1.51. The molecule has 0 spiro atoms. The van der Waals surface area contributed by atoms with Crippen molar-refractivity contribution >= 4 is 23.5 Å². The number of benzene rings is 2. The number of rotatable bonds is 3. The van der Waals surface area contributed by atoms with Gasteiger partial charge in [0.1, 0.15) is 11.6 Å². The van der Waals surface area contributed by atoms with Crippen molar-refractivity contribution in [3.05, 3.63) is 76.3 Å². The molecular weight excluding hydrogens is 258 g/mol. The van der Waals surface area contributed by atoms with Gasteiger partial charge in [0, 0.05) is 10.6 Å². The molecule has 0 aromatic heterocycles. The van der Waals surface area contributed by atoms with E-state index in [1.54, 1.807) is 48.5 Å². The van der Waals surface area contributed by atoms with Crippen LogP contribution in [0.4, 0.5) is 0 Å². The largest absolute Gasteiger partial charge is 0.288 e. The van der Waals surface area contributed by atoms with Crippen LogP contribution in [0.5, 0.6) is 0 Å². The van der Waals surface area contributed by atoms with Gasteiger partial charge in [-0.15, -0.1) is 0 Å². The van der Waals surface area contributed by atoms with Gasteiger partial charge in [0.2, 0.25) is 5.78 Å². The summed E-state index contributed by atoms with van der Waals surface area (Å²) < 4.78 is 0. The standard InChI is InChI=1S/C16H10ClNO/c17-15-9-5-4-8-13(15)10-14(11-18)16(19)12-6-2-1-3-7-12/h1-10H/b14-10-. The molecule has 0 saturated carbocycles. The lowest BCUT2D eigenvalue weighted by Gasteiger charge is -2.01. The number of ketones is 1. The Morgan fingerprint density at radius 1 is 1.05 bits per heavy atom. The third-order valence-electron chi connectivity index (χ3n) is 2.61. The maximum atomic E-state index is 12.2. The molecule has 0 unspecified atom stereocenters. The van der Waals surface area contributed by atoms with Gasteiger partial charge in [-0.2, -0.15) is 5.26 Å². The van der Waals surface area contributed by atoms with Crippen LogP contribution in [0.25, 0.3) is 6.08 Å². The summed E-state index contributed by atoms with van der Waals surface area (Å²) in [5.41, 5.74) is 1.21. The first-order chi connectivity index (χ1) is 9.22. The van der Waals surface area contributed by atoms with Crippen LogP contribution in [0.2, 0.25) is 5.02 Å². The first-order valence-electron chi connectivity index (χ1n) is 5.68. The van der Waals surface area contributed by atoms with Crippen molar-refractivity contribution < 1.29 is 4.79 Å². The van der Waals surface area contributed by atoms with Crippen LogP contribution >= 0.6 is 11.6 Å². The SMILES string of the molecule is N#C/C(=C/c1ccccc1Cl)C(=O)c1ccccc1. The van der Waals surface area contributed by atoms with Crippen molar-refractivity contribution in [3.63, 3.8) is 0 Å². The van der Waals surface area contributed by atoms with Gasteiger partial charge in [0.25, 0.3) is 0 Å². The van der Waals surface area contributed by atoms with E-state index in [-0.39, 0.29) is 11.4 Å². The van der Waals surface area contributed by atoms with E-state index in [1.807, 2.05) is 12.1 Å². The molecule has 0 radical (unpaired) electrons. The van der Waals surface area contributed by atoms with E-state index in [2.05, 4.69) is 0 Å². The summed E-state index contributed by atoms with van der Waals surface area (Å²) >= 11 is 6.01. The van der Waals surface area contributed by atoms with Crippen LogP contribution < -0.4 is 0 Å². The number of carbonyl (C=O) groups is 1. The topological polar surface area (TPSA) is 40.9 Å². The lowest BCUT2D eigenvalue weighted by Crippen LogP contribution is -2.01. The molecule has 2 rings (SSSR count). The molecule has 0 aliphatic carbocycles. The number of Topliss-reactive ketones (excluding diaryl/α,β-unsaturated/α-hetero) is 1. The highest BCUT2D eigenvalue weighted by atomic mass is 35.5. The van der Waals surface area contributed by atoms with Crippen LogP contribution in [0.1, 0.15) is 15.9 Å². The number of halogens is 1. The van der Waals surface area contributed by atoms with E-state index in [9.17, 15) is 4.79 Å². The van der Waals surface area contributed by atoms with Gasteiger partial charge in [-0.1, -0.05) is 60.1 Å². The van der Waals surface area contributed by atoms with E-state index in [4.69, 9.17) is 16.9 Å². The van der Waals surface area contributed by atoms with E-state index in [0.29, 0.717) is 16.1 Å². The average Bonchev–Trinajstić information content (AvgIpc) is 2.47. The summed E-state index contributed by atoms with van der Waals surface area (Å²) in [5.74, 6) is -0.303. The second kappa shape index (κ2) is 5.99. The highest BCUT2D eigenvalue weighted by Gasteiger charge is 2.11. The molecule has 2 aromatic carbocycles. The number of allylic oxidation sites excluding steroid dienone is 1. The Hall–Kier alpha value is -2.37. The van der Waals surface area contributed by atoms with Gasteiger partial charge in [-0.25, -0.2) is 0 Å². The van der Waals surface area contributed by atoms with Crippen LogP contribution in [0.3, 0.4) is 0 Å². The fourth-order valence-electron chi connectivity index (χ4n) is 1.64. The average molecular weight is 268 g/mol. The number of nitrogens with zero attached hydrogens (tertiary/aromatic N) is 1. The van der Waals surface area contributed by atoms with Gasteiger partial charge in [0.05, 0.1) is 0 Å². The maximum absolute atomic E-state index is 12.2. The van der Waals surface area contributed by atoms with Crippen molar-refractivity contribution in [2.45, 2.75) is 0 Å². The van der Waals surface area contributed by atoms with E-state index in [1.165, 1.54) is 6.08 Å². The molecule has 3 heteroatoms. The van der Waals surface area contributed by atoms with Crippen LogP contribution in [0.15, 0.2) is 60.2 Å². The molecule has 2 nitrogen and oxygen atoms in total. The van der Waals surface area contributed by atoms with Gasteiger partial charge in [-0.3, -0.25) is 4.79 Å². The van der Waals surface area contributed by atoms with Crippen molar-refractivity contribution in [3.8, 4) is 6.07 Å². The molecule has 0 heterocycles. The van der Waals surface area contributed by atoms with Crippen LogP contribution in [-0.4, -0.2) is 5.78 Å². The second-order valence-corrected chi connectivity index (χ2v) is 4.29. The van der Waals surface area contributed by atoms with Gasteiger partial charge >= 0.3 is 0 Å². The predicted octanol–water partition coefficient (Wildman–Crippen LogP) is 4.13. The second-order valence-electron chi connectivity index (χ2n) is 3.89. The van der Waals surface area contributed by atoms with Crippen LogP contribution in [-0.2, 0) is 0 Å². The first-order valence-corrected chi connectivity index (χ1v) is 6.06. The Morgan fingerprint density at radius 3 is 2.32 bits per heavy atom. The fourth-order valence-corrected chi connectivity index (χ4v) is 1.83. The van der Waals surface area contributed by atoms with Crippen molar-refractivity contribution in [1.29, 1.82) is 5.26 Å². The zero-order valence-electron chi connectivity index (χ0n) is 10.0. The molecular formula is C16H10ClNO. The number of carbonyl (C=O) groups excluding carboxylic acids is 1. The van der Waals surface area contributed by atoms with E-state index >= 15 is 0 Å². The maximum Gasteiger partial charge on any atom is 0.203 e. The Kier molecular flexibility index (Phi) is 4.12. The van der Waals surface area contributed by atoms with Crippen molar-refractivity contribution in [2.75, 3.05) is 0 Å². The summed E-state index contributed by atoms with van der Waals surface area (Å²) in [6.45, 7) is 0. The summed E-state index contributed by atoms with van der Waals surface area (Å²) in [7, 11) is 0. The minimum absolute atomic E-state index is 0.0688. The Labute approximate surface area is 116 Å². The summed E-state index contributed by atoms with van der Waals surface area (Å²) in [5, 5.41) is 9.64. The normalized spacial score (nSPS) is 10.8. The van der Waals surface area contributed by atoms with Crippen LogP contribution in [0, 0.1) is 11.3 Å². The van der Waals surface area contributed by atoms with E-state index < -0.39 is 0 Å². The molecule has 2 aromatic rings. The lowest BCUT2D eigenvalue weighted by molar-refractivity contribution is 0.104. The molecule has 0 N–H and O–H groups in total.